The van der Waals surface area contributed by atoms with Crippen LogP contribution in [-0.2, 0) is 4.79 Å². The first-order valence-electron chi connectivity index (χ1n) is 5.98. The molecule has 1 aromatic carbocycles. The van der Waals surface area contributed by atoms with Gasteiger partial charge in [0.1, 0.15) is 0 Å². The Labute approximate surface area is 106 Å². The molecule has 2 rings (SSSR count). The maximum absolute atomic E-state index is 11.8. The third-order valence-corrected chi connectivity index (χ3v) is 2.78. The fourth-order valence-electron chi connectivity index (χ4n) is 1.59. The number of benzene rings is 1. The van der Waals surface area contributed by atoms with Crippen LogP contribution in [0.3, 0.4) is 0 Å². The van der Waals surface area contributed by atoms with Gasteiger partial charge in [-0.25, -0.2) is 4.79 Å². The molecule has 96 valence electrons. The van der Waals surface area contributed by atoms with Crippen molar-refractivity contribution in [1.82, 2.24) is 5.32 Å². The fraction of sp³-hybridized carbons (Fsp3) is 0.385. The predicted molar refractivity (Wildman–Crippen MR) is 70.7 cm³/mol. The van der Waals surface area contributed by atoms with Crippen molar-refractivity contribution in [3.63, 3.8) is 0 Å². The molecule has 1 aromatic rings. The summed E-state index contributed by atoms with van der Waals surface area (Å²) in [4.78, 5) is 24.2. The molecule has 0 atom stereocenters. The first kappa shape index (κ1) is 12.4. The predicted octanol–water partition coefficient (Wildman–Crippen LogP) is 1.95. The molecule has 1 saturated carbocycles. The molecule has 1 aliphatic rings. The van der Waals surface area contributed by atoms with E-state index in [0.717, 1.165) is 24.2 Å². The molecular weight excluding hydrogens is 230 g/mol. The Morgan fingerprint density at radius 2 is 1.83 bits per heavy atom. The van der Waals surface area contributed by atoms with Gasteiger partial charge in [-0.05, 0) is 37.1 Å². The second-order valence-electron chi connectivity index (χ2n) is 4.51. The molecular formula is C13H17N3O2. The number of urea groups is 1. The van der Waals surface area contributed by atoms with Crippen molar-refractivity contribution in [2.24, 2.45) is 0 Å². The molecule has 18 heavy (non-hydrogen) atoms. The summed E-state index contributed by atoms with van der Waals surface area (Å²) in [5.41, 5.74) is 1.52. The lowest BCUT2D eigenvalue weighted by molar-refractivity contribution is -0.114. The maximum atomic E-state index is 11.8. The van der Waals surface area contributed by atoms with Gasteiger partial charge in [0.05, 0.1) is 0 Å². The molecule has 5 nitrogen and oxygen atoms in total. The summed E-state index contributed by atoms with van der Waals surface area (Å²) in [6, 6.07) is 7.41. The van der Waals surface area contributed by atoms with Crippen LogP contribution < -0.4 is 15.5 Å². The summed E-state index contributed by atoms with van der Waals surface area (Å²) in [7, 11) is 1.73. The highest BCUT2D eigenvalue weighted by Crippen LogP contribution is 2.21. The number of carbonyl (C=O) groups is 2. The third-order valence-electron chi connectivity index (χ3n) is 2.78. The fourth-order valence-corrected chi connectivity index (χ4v) is 1.59. The highest BCUT2D eigenvalue weighted by Gasteiger charge is 2.25. The van der Waals surface area contributed by atoms with Crippen molar-refractivity contribution >= 4 is 23.3 Å². The third kappa shape index (κ3) is 3.23. The van der Waals surface area contributed by atoms with Gasteiger partial charge < -0.3 is 10.6 Å². The van der Waals surface area contributed by atoms with Gasteiger partial charge in [0.25, 0.3) is 0 Å². The molecule has 0 radical (unpaired) electrons. The van der Waals surface area contributed by atoms with Gasteiger partial charge in [-0.1, -0.05) is 0 Å². The number of nitrogens with zero attached hydrogens (tertiary/aromatic N) is 1. The molecule has 0 spiro atoms. The number of hydrogen-bond donors (Lipinski definition) is 2. The van der Waals surface area contributed by atoms with Crippen LogP contribution in [0.15, 0.2) is 24.3 Å². The van der Waals surface area contributed by atoms with E-state index in [0.29, 0.717) is 6.04 Å². The lowest BCUT2D eigenvalue weighted by Crippen LogP contribution is -2.38. The van der Waals surface area contributed by atoms with Crippen molar-refractivity contribution in [3.05, 3.63) is 24.3 Å². The van der Waals surface area contributed by atoms with E-state index in [9.17, 15) is 9.59 Å². The van der Waals surface area contributed by atoms with Gasteiger partial charge in [-0.2, -0.15) is 0 Å². The smallest absolute Gasteiger partial charge is 0.321 e. The second kappa shape index (κ2) is 5.08. The largest absolute Gasteiger partial charge is 0.335 e. The Kier molecular flexibility index (Phi) is 3.50. The number of carbonyl (C=O) groups excluding carboxylic acids is 2. The van der Waals surface area contributed by atoms with Crippen molar-refractivity contribution in [3.8, 4) is 0 Å². The Bertz CT molecular complexity index is 452. The highest BCUT2D eigenvalue weighted by molar-refractivity contribution is 5.93. The lowest BCUT2D eigenvalue weighted by atomic mass is 10.2. The molecule has 0 heterocycles. The minimum atomic E-state index is -0.109. The van der Waals surface area contributed by atoms with Crippen molar-refractivity contribution in [1.29, 1.82) is 0 Å². The number of nitrogens with one attached hydrogen (secondary N) is 2. The molecule has 1 fully saturated rings. The first-order chi connectivity index (χ1) is 8.56. The van der Waals surface area contributed by atoms with Gasteiger partial charge in [-0.15, -0.1) is 0 Å². The number of anilines is 2. The van der Waals surface area contributed by atoms with Gasteiger partial charge in [0.15, 0.2) is 0 Å². The minimum Gasteiger partial charge on any atom is -0.335 e. The highest BCUT2D eigenvalue weighted by atomic mass is 16.2. The van der Waals surface area contributed by atoms with Crippen molar-refractivity contribution in [2.45, 2.75) is 25.8 Å². The van der Waals surface area contributed by atoms with E-state index < -0.39 is 0 Å². The zero-order valence-electron chi connectivity index (χ0n) is 10.6. The summed E-state index contributed by atoms with van der Waals surface area (Å²) in [6.45, 7) is 1.46. The van der Waals surface area contributed by atoms with Crippen LogP contribution >= 0.6 is 0 Å². The second-order valence-corrected chi connectivity index (χ2v) is 4.51. The van der Waals surface area contributed by atoms with Gasteiger partial charge in [-0.3, -0.25) is 9.69 Å². The topological polar surface area (TPSA) is 61.4 Å². The molecule has 0 aliphatic heterocycles. The summed E-state index contributed by atoms with van der Waals surface area (Å²) in [5, 5.41) is 5.60. The Hall–Kier alpha value is -2.04. The summed E-state index contributed by atoms with van der Waals surface area (Å²) in [5.74, 6) is -0.109. The van der Waals surface area contributed by atoms with E-state index in [-0.39, 0.29) is 11.9 Å². The summed E-state index contributed by atoms with van der Waals surface area (Å²) in [6.07, 6.45) is 2.14. The Morgan fingerprint density at radius 3 is 2.33 bits per heavy atom. The quantitative estimate of drug-likeness (QED) is 0.857. The van der Waals surface area contributed by atoms with Gasteiger partial charge in [0, 0.05) is 31.4 Å². The van der Waals surface area contributed by atoms with Gasteiger partial charge >= 0.3 is 6.03 Å². The molecule has 0 aromatic heterocycles. The zero-order chi connectivity index (χ0) is 13.1. The monoisotopic (exact) mass is 247 g/mol. The average molecular weight is 247 g/mol. The van der Waals surface area contributed by atoms with Crippen LogP contribution in [0, 0.1) is 0 Å². The van der Waals surface area contributed by atoms with E-state index in [1.165, 1.54) is 6.92 Å². The van der Waals surface area contributed by atoms with E-state index in [2.05, 4.69) is 10.6 Å². The van der Waals surface area contributed by atoms with Crippen LogP contribution in [0.4, 0.5) is 16.2 Å². The standard InChI is InChI=1S/C13H17N3O2/c1-9(17)14-10-5-7-12(8-6-10)16(2)13(18)15-11-3-4-11/h5-8,11H,3-4H2,1-2H3,(H,14,17)(H,15,18). The molecule has 0 unspecified atom stereocenters. The zero-order valence-corrected chi connectivity index (χ0v) is 10.6. The van der Waals surface area contributed by atoms with Crippen molar-refractivity contribution in [2.75, 3.05) is 17.3 Å². The SMILES string of the molecule is CC(=O)Nc1ccc(N(C)C(=O)NC2CC2)cc1. The van der Waals surface area contributed by atoms with E-state index in [1.807, 2.05) is 0 Å². The van der Waals surface area contributed by atoms with Crippen LogP contribution in [0.25, 0.3) is 0 Å². The summed E-state index contributed by atoms with van der Waals surface area (Å²) >= 11 is 0. The minimum absolute atomic E-state index is 0.0928. The number of hydrogen-bond acceptors (Lipinski definition) is 2. The molecule has 2 N–H and O–H groups in total. The van der Waals surface area contributed by atoms with Crippen LogP contribution in [0.2, 0.25) is 0 Å². The van der Waals surface area contributed by atoms with Crippen LogP contribution in [0.5, 0.6) is 0 Å². The van der Waals surface area contributed by atoms with Crippen LogP contribution in [0.1, 0.15) is 19.8 Å². The van der Waals surface area contributed by atoms with E-state index in [1.54, 1.807) is 36.2 Å². The Balaban J connectivity index is 1.98. The molecule has 3 amide bonds. The maximum Gasteiger partial charge on any atom is 0.321 e. The van der Waals surface area contributed by atoms with E-state index >= 15 is 0 Å². The number of rotatable bonds is 3. The first-order valence-corrected chi connectivity index (χ1v) is 5.98. The molecule has 0 saturated heterocycles. The normalized spacial score (nSPS) is 13.9. The lowest BCUT2D eigenvalue weighted by Gasteiger charge is -2.18. The molecule has 0 bridgehead atoms. The number of amides is 3. The molecule has 1 aliphatic carbocycles. The Morgan fingerprint density at radius 1 is 1.22 bits per heavy atom. The molecule has 5 heteroatoms. The summed E-state index contributed by atoms with van der Waals surface area (Å²) < 4.78 is 0. The van der Waals surface area contributed by atoms with Crippen LogP contribution in [-0.4, -0.2) is 25.0 Å². The van der Waals surface area contributed by atoms with E-state index in [4.69, 9.17) is 0 Å². The van der Waals surface area contributed by atoms with Crippen molar-refractivity contribution < 1.29 is 9.59 Å². The van der Waals surface area contributed by atoms with Gasteiger partial charge in [0.2, 0.25) is 5.91 Å². The average Bonchev–Trinajstić information content (AvgIpc) is 3.12.